The number of hydrogen-bond donors (Lipinski definition) is 0. The minimum absolute atomic E-state index is 1.61. The monoisotopic (exact) mass is 546 g/mol. The second-order valence-corrected chi connectivity index (χ2v) is 8.39. The molecule has 31 heavy (non-hydrogen) atoms. The molecular weight excluding hydrogens is 544 g/mol. The first kappa shape index (κ1) is 29.7. The van der Waals surface area contributed by atoms with Crippen LogP contribution in [0.15, 0.2) is 0 Å². The van der Waals surface area contributed by atoms with Crippen molar-refractivity contribution in [3.05, 3.63) is 0 Å². The molecule has 0 heterocycles. The quantitative estimate of drug-likeness (QED) is 0.389. The lowest BCUT2D eigenvalue weighted by Gasteiger charge is -2.33. The smallest absolute Gasteiger partial charge is 0.203 e. The van der Waals surface area contributed by atoms with Gasteiger partial charge >= 0.3 is 67.3 Å². The summed E-state index contributed by atoms with van der Waals surface area (Å²) in [4.78, 5) is 0. The Labute approximate surface area is 159 Å². The van der Waals surface area contributed by atoms with Crippen molar-refractivity contribution in [3.63, 3.8) is 0 Å². The molecule has 0 atom stereocenters. The van der Waals surface area contributed by atoms with Crippen LogP contribution in [0.2, 0.25) is 0 Å². The molecule has 0 spiro atoms. The second-order valence-electron chi connectivity index (χ2n) is 5.01. The summed E-state index contributed by atoms with van der Waals surface area (Å²) in [6.07, 6.45) is -11.7. The van der Waals surface area contributed by atoms with E-state index in [1.54, 1.807) is 3.63 Å². The summed E-state index contributed by atoms with van der Waals surface area (Å²) in [7, 11) is -17.3. The number of rotatable bonds is 10. The molecule has 0 aliphatic rings. The van der Waals surface area contributed by atoms with Crippen LogP contribution in [0.3, 0.4) is 0 Å². The Morgan fingerprint density at radius 3 is 0.839 bits per heavy atom. The van der Waals surface area contributed by atoms with Crippen LogP contribution in [0.25, 0.3) is 0 Å². The van der Waals surface area contributed by atoms with E-state index in [1.807, 2.05) is 0 Å². The molecule has 0 aromatic rings. The van der Waals surface area contributed by atoms with Gasteiger partial charge in [0.05, 0.1) is 0 Å². The Morgan fingerprint density at radius 1 is 0.484 bits per heavy atom. The Hall–Kier alpha value is -1.26. The molecule has 0 saturated heterocycles. The maximum atomic E-state index is 13.2. The van der Waals surface area contributed by atoms with Crippen LogP contribution in [0.1, 0.15) is 0 Å². The van der Waals surface area contributed by atoms with Gasteiger partial charge in [0.2, 0.25) is 0 Å². The van der Waals surface area contributed by atoms with Gasteiger partial charge in [-0.1, -0.05) is 0 Å². The molecule has 0 aromatic carbocycles. The van der Waals surface area contributed by atoms with Gasteiger partial charge in [0.25, 0.3) is 0 Å². The molecule has 23 heteroatoms. The molecule has 0 fully saturated rings. The SMILES string of the molecule is O=S(=O)(OS(=O)(=O)C(F)(F)C(F)(F)C(F)(F)C(F)F)C(F)(F)C(F)(F)C(F)(F)C(F)F. The van der Waals surface area contributed by atoms with E-state index < -0.39 is 67.3 Å². The van der Waals surface area contributed by atoms with Crippen molar-refractivity contribution in [2.24, 2.45) is 0 Å². The van der Waals surface area contributed by atoms with Crippen molar-refractivity contribution in [1.82, 2.24) is 0 Å². The molecule has 0 amide bonds. The summed E-state index contributed by atoms with van der Waals surface area (Å²) < 4.78 is 247. The number of alkyl halides is 16. The molecule has 0 aromatic heterocycles. The zero-order chi connectivity index (χ0) is 25.9. The molecule has 0 N–H and O–H groups in total. The van der Waals surface area contributed by atoms with Crippen LogP contribution in [0.4, 0.5) is 70.2 Å². The first-order valence-electron chi connectivity index (χ1n) is 6.13. The Morgan fingerprint density at radius 2 is 0.677 bits per heavy atom. The normalized spacial score (nSPS) is 16.3. The highest BCUT2D eigenvalue weighted by Crippen LogP contribution is 2.54. The fourth-order valence-electron chi connectivity index (χ4n) is 1.18. The molecule has 5 nitrogen and oxygen atoms in total. The van der Waals surface area contributed by atoms with Crippen molar-refractivity contribution < 1.29 is 90.7 Å². The van der Waals surface area contributed by atoms with Gasteiger partial charge in [-0.05, 0) is 0 Å². The van der Waals surface area contributed by atoms with Crippen LogP contribution >= 0.6 is 0 Å². The number of halogens is 16. The summed E-state index contributed by atoms with van der Waals surface area (Å²) in [5.41, 5.74) is 0. The third-order valence-corrected chi connectivity index (χ3v) is 6.13. The average molecular weight is 546 g/mol. The van der Waals surface area contributed by atoms with Gasteiger partial charge < -0.3 is 0 Å². The lowest BCUT2D eigenvalue weighted by molar-refractivity contribution is -0.317. The van der Waals surface area contributed by atoms with Gasteiger partial charge in [0.1, 0.15) is 0 Å². The largest absolute Gasteiger partial charge is 0.439 e. The van der Waals surface area contributed by atoms with E-state index >= 15 is 0 Å². The molecule has 0 bridgehead atoms. The highest BCUT2D eigenvalue weighted by Gasteiger charge is 2.84. The summed E-state index contributed by atoms with van der Waals surface area (Å²) in [5.74, 6) is -30.5. The Balaban J connectivity index is 6.57. The fourth-order valence-corrected chi connectivity index (χ4v) is 3.71. The van der Waals surface area contributed by atoms with E-state index in [9.17, 15) is 87.1 Å². The van der Waals surface area contributed by atoms with Gasteiger partial charge in [-0.3, -0.25) is 0 Å². The fraction of sp³-hybridized carbons (Fsp3) is 1.00. The van der Waals surface area contributed by atoms with Crippen LogP contribution in [0, 0.1) is 0 Å². The first-order valence-corrected chi connectivity index (χ1v) is 8.94. The summed E-state index contributed by atoms with van der Waals surface area (Å²) >= 11 is 0. The Bertz CT molecular complexity index is 804. The highest BCUT2D eigenvalue weighted by molar-refractivity contribution is 8.00. The van der Waals surface area contributed by atoms with Crippen LogP contribution in [-0.2, 0) is 23.9 Å². The van der Waals surface area contributed by atoms with Crippen LogP contribution < -0.4 is 0 Å². The van der Waals surface area contributed by atoms with E-state index in [4.69, 9.17) is 0 Å². The van der Waals surface area contributed by atoms with E-state index in [-0.39, 0.29) is 0 Å². The number of hydrogen-bond acceptors (Lipinski definition) is 5. The molecule has 0 unspecified atom stereocenters. The van der Waals surface area contributed by atoms with Crippen molar-refractivity contribution >= 4 is 20.2 Å². The summed E-state index contributed by atoms with van der Waals surface area (Å²) in [6.45, 7) is 0. The van der Waals surface area contributed by atoms with Crippen molar-refractivity contribution in [1.29, 1.82) is 0 Å². The predicted molar refractivity (Wildman–Crippen MR) is 60.6 cm³/mol. The average Bonchev–Trinajstić information content (AvgIpc) is 2.52. The van der Waals surface area contributed by atoms with E-state index in [1.165, 1.54) is 0 Å². The van der Waals surface area contributed by atoms with Gasteiger partial charge in [-0.15, -0.1) is 3.63 Å². The molecule has 188 valence electrons. The van der Waals surface area contributed by atoms with Crippen molar-refractivity contribution in [2.75, 3.05) is 0 Å². The van der Waals surface area contributed by atoms with Gasteiger partial charge in [-0.2, -0.15) is 69.5 Å². The van der Waals surface area contributed by atoms with E-state index in [0.717, 1.165) is 0 Å². The van der Waals surface area contributed by atoms with Crippen LogP contribution in [0.5, 0.6) is 0 Å². The summed E-state index contributed by atoms with van der Waals surface area (Å²) in [6, 6.07) is 0. The minimum Gasteiger partial charge on any atom is -0.203 e. The maximum absolute atomic E-state index is 13.2. The standard InChI is InChI=1S/C8H2F16O5S2/c9-1(10)3(13,14)5(17,18)7(21,22)30(25,26)29-31(27,28)8(23,24)6(19,20)4(15,16)2(11)12/h1-2H. The first-order chi connectivity index (χ1) is 13.1. The molecule has 0 saturated carbocycles. The zero-order valence-corrected chi connectivity index (χ0v) is 14.7. The molecule has 0 aliphatic carbocycles. The van der Waals surface area contributed by atoms with Gasteiger partial charge in [0, 0.05) is 0 Å². The van der Waals surface area contributed by atoms with Gasteiger partial charge in [-0.25, -0.2) is 17.6 Å². The molecule has 0 rings (SSSR count). The van der Waals surface area contributed by atoms with Gasteiger partial charge in [0.15, 0.2) is 0 Å². The molecular formula is C8H2F16O5S2. The zero-order valence-electron chi connectivity index (χ0n) is 13.1. The van der Waals surface area contributed by atoms with Crippen LogP contribution in [-0.4, -0.2) is 63.9 Å². The molecule has 0 radical (unpaired) electrons. The van der Waals surface area contributed by atoms with Crippen molar-refractivity contribution in [2.45, 2.75) is 47.1 Å². The lowest BCUT2D eigenvalue weighted by Crippen LogP contribution is -2.63. The van der Waals surface area contributed by atoms with E-state index in [0.29, 0.717) is 0 Å². The molecule has 0 aliphatic heterocycles. The minimum atomic E-state index is -8.63. The third kappa shape index (κ3) is 4.11. The Kier molecular flexibility index (Phi) is 7.35. The topological polar surface area (TPSA) is 77.5 Å². The lowest BCUT2D eigenvalue weighted by atomic mass is 10.2. The van der Waals surface area contributed by atoms with E-state index in [2.05, 4.69) is 0 Å². The second kappa shape index (κ2) is 7.66. The third-order valence-electron chi connectivity index (χ3n) is 2.92. The summed E-state index contributed by atoms with van der Waals surface area (Å²) in [5, 5.41) is -15.9. The predicted octanol–water partition coefficient (Wildman–Crippen LogP) is 3.92. The maximum Gasteiger partial charge on any atom is 0.439 e. The highest BCUT2D eigenvalue weighted by atomic mass is 32.3. The van der Waals surface area contributed by atoms with Crippen molar-refractivity contribution in [3.8, 4) is 0 Å².